The van der Waals surface area contributed by atoms with E-state index in [1.807, 2.05) is 31.2 Å². The summed E-state index contributed by atoms with van der Waals surface area (Å²) in [6, 6.07) is 12.9. The smallest absolute Gasteiger partial charge is 0.224 e. The molecule has 2 amide bonds. The Hall–Kier alpha value is -2.04. The average molecular weight is 379 g/mol. The predicted octanol–water partition coefficient (Wildman–Crippen LogP) is 4.01. The van der Waals surface area contributed by atoms with Crippen molar-refractivity contribution in [1.29, 1.82) is 0 Å². The molecule has 0 heterocycles. The van der Waals surface area contributed by atoms with Crippen molar-refractivity contribution in [2.45, 2.75) is 20.3 Å². The number of hydrogen-bond donors (Lipinski definition) is 1. The van der Waals surface area contributed by atoms with Crippen molar-refractivity contribution >= 4 is 40.7 Å². The zero-order valence-electron chi connectivity index (χ0n) is 14.2. The molecule has 0 saturated carbocycles. The Labute approximate surface area is 157 Å². The summed E-state index contributed by atoms with van der Waals surface area (Å²) in [5, 5.41) is 3.55. The lowest BCUT2D eigenvalue weighted by molar-refractivity contribution is -0.121. The molecule has 132 valence electrons. The number of amides is 2. The molecule has 25 heavy (non-hydrogen) atoms. The van der Waals surface area contributed by atoms with E-state index in [0.29, 0.717) is 35.2 Å². The molecule has 0 aliphatic heterocycles. The third-order valence-corrected chi connectivity index (χ3v) is 4.68. The molecule has 0 spiro atoms. The first-order valence-corrected chi connectivity index (χ1v) is 8.69. The van der Waals surface area contributed by atoms with Gasteiger partial charge in [-0.25, -0.2) is 0 Å². The van der Waals surface area contributed by atoms with Crippen molar-refractivity contribution < 1.29 is 9.59 Å². The van der Waals surface area contributed by atoms with E-state index < -0.39 is 0 Å². The maximum absolute atomic E-state index is 12.1. The highest BCUT2D eigenvalue weighted by Crippen LogP contribution is 2.32. The zero-order chi connectivity index (χ0) is 18.4. The lowest BCUT2D eigenvalue weighted by Crippen LogP contribution is -2.38. The number of rotatable bonds is 6. The topological polar surface area (TPSA) is 49.4 Å². The van der Waals surface area contributed by atoms with E-state index in [1.165, 1.54) is 11.8 Å². The Morgan fingerprint density at radius 3 is 2.48 bits per heavy atom. The zero-order valence-corrected chi connectivity index (χ0v) is 15.7. The molecule has 0 aromatic heterocycles. The molecule has 0 atom stereocenters. The number of hydrogen-bond acceptors (Lipinski definition) is 2. The second-order valence-electron chi connectivity index (χ2n) is 5.70. The Kier molecular flexibility index (Phi) is 6.85. The van der Waals surface area contributed by atoms with Gasteiger partial charge in [-0.15, -0.1) is 0 Å². The SMILES string of the molecule is CC(=O)N(CCNC(=O)Cc1ccccc1C)c1cccc(Cl)c1Cl. The van der Waals surface area contributed by atoms with Gasteiger partial charge < -0.3 is 10.2 Å². The molecule has 0 aliphatic rings. The van der Waals surface area contributed by atoms with Gasteiger partial charge in [0.1, 0.15) is 0 Å². The largest absolute Gasteiger partial charge is 0.354 e. The first kappa shape index (κ1) is 19.3. The standard InChI is InChI=1S/C19H20Cl2N2O2/c1-13-6-3-4-7-15(13)12-18(25)22-10-11-23(14(2)24)17-9-5-8-16(20)19(17)21/h3-9H,10-12H2,1-2H3,(H,22,25). The van der Waals surface area contributed by atoms with Crippen LogP contribution < -0.4 is 10.2 Å². The normalized spacial score (nSPS) is 10.4. The van der Waals surface area contributed by atoms with E-state index in [9.17, 15) is 9.59 Å². The van der Waals surface area contributed by atoms with Crippen LogP contribution >= 0.6 is 23.2 Å². The van der Waals surface area contributed by atoms with Crippen molar-refractivity contribution in [3.8, 4) is 0 Å². The third kappa shape index (κ3) is 5.21. The number of halogens is 2. The monoisotopic (exact) mass is 378 g/mol. The molecule has 2 aromatic rings. The van der Waals surface area contributed by atoms with Crippen LogP contribution in [-0.4, -0.2) is 24.9 Å². The third-order valence-electron chi connectivity index (χ3n) is 3.87. The fraction of sp³-hybridized carbons (Fsp3) is 0.263. The molecule has 0 unspecified atom stereocenters. The summed E-state index contributed by atoms with van der Waals surface area (Å²) in [7, 11) is 0. The number of nitrogens with one attached hydrogen (secondary N) is 1. The number of anilines is 1. The second-order valence-corrected chi connectivity index (χ2v) is 6.48. The van der Waals surface area contributed by atoms with Crippen LogP contribution in [0.2, 0.25) is 10.0 Å². The van der Waals surface area contributed by atoms with E-state index in [1.54, 1.807) is 18.2 Å². The van der Waals surface area contributed by atoms with Crippen molar-refractivity contribution in [1.82, 2.24) is 5.32 Å². The van der Waals surface area contributed by atoms with Gasteiger partial charge in [0.05, 0.1) is 22.2 Å². The summed E-state index contributed by atoms with van der Waals surface area (Å²) in [5.74, 6) is -0.257. The summed E-state index contributed by atoms with van der Waals surface area (Å²) < 4.78 is 0. The van der Waals surface area contributed by atoms with E-state index >= 15 is 0 Å². The molecule has 6 heteroatoms. The number of carbonyl (C=O) groups excluding carboxylic acids is 2. The first-order chi connectivity index (χ1) is 11.9. The van der Waals surface area contributed by atoms with Crippen LogP contribution in [0, 0.1) is 6.92 Å². The van der Waals surface area contributed by atoms with Crippen molar-refractivity contribution in [2.75, 3.05) is 18.0 Å². The molecule has 1 N–H and O–H groups in total. The van der Waals surface area contributed by atoms with Crippen molar-refractivity contribution in [3.63, 3.8) is 0 Å². The molecule has 0 aliphatic carbocycles. The van der Waals surface area contributed by atoms with Crippen LogP contribution in [0.25, 0.3) is 0 Å². The van der Waals surface area contributed by atoms with E-state index in [2.05, 4.69) is 5.32 Å². The summed E-state index contributed by atoms with van der Waals surface area (Å²) in [5.41, 5.74) is 2.60. The van der Waals surface area contributed by atoms with Crippen molar-refractivity contribution in [3.05, 3.63) is 63.6 Å². The Bertz CT molecular complexity index is 778. The summed E-state index contributed by atoms with van der Waals surface area (Å²) in [4.78, 5) is 25.5. The molecule has 0 bridgehead atoms. The maximum Gasteiger partial charge on any atom is 0.224 e. The number of benzene rings is 2. The molecule has 2 rings (SSSR count). The van der Waals surface area contributed by atoms with Gasteiger partial charge in [0.2, 0.25) is 11.8 Å². The Morgan fingerprint density at radius 1 is 1.08 bits per heavy atom. The number of aryl methyl sites for hydroxylation is 1. The lowest BCUT2D eigenvalue weighted by atomic mass is 10.1. The molecule has 0 radical (unpaired) electrons. The van der Waals surface area contributed by atoms with Crippen LogP contribution in [0.3, 0.4) is 0 Å². The van der Waals surface area contributed by atoms with Gasteiger partial charge in [0.25, 0.3) is 0 Å². The minimum atomic E-state index is -0.169. The van der Waals surface area contributed by atoms with Gasteiger partial charge in [-0.05, 0) is 30.2 Å². The van der Waals surface area contributed by atoms with E-state index in [0.717, 1.165) is 11.1 Å². The highest BCUT2D eigenvalue weighted by Gasteiger charge is 2.16. The Morgan fingerprint density at radius 2 is 1.80 bits per heavy atom. The average Bonchev–Trinajstić information content (AvgIpc) is 2.56. The van der Waals surface area contributed by atoms with Crippen LogP contribution in [0.1, 0.15) is 18.1 Å². The summed E-state index contributed by atoms with van der Waals surface area (Å²) >= 11 is 12.2. The maximum atomic E-state index is 12.1. The first-order valence-electron chi connectivity index (χ1n) is 7.93. The van der Waals surface area contributed by atoms with Gasteiger partial charge in [0, 0.05) is 20.0 Å². The van der Waals surface area contributed by atoms with E-state index in [-0.39, 0.29) is 11.8 Å². The predicted molar refractivity (Wildman–Crippen MR) is 102 cm³/mol. The summed E-state index contributed by atoms with van der Waals surface area (Å²) in [6.45, 7) is 4.07. The van der Waals surface area contributed by atoms with Crippen LogP contribution in [0.4, 0.5) is 5.69 Å². The van der Waals surface area contributed by atoms with Gasteiger partial charge in [-0.3, -0.25) is 9.59 Å². The fourth-order valence-corrected chi connectivity index (χ4v) is 2.90. The van der Waals surface area contributed by atoms with Gasteiger partial charge in [-0.1, -0.05) is 53.5 Å². The number of carbonyl (C=O) groups is 2. The minimum absolute atomic E-state index is 0.0880. The van der Waals surface area contributed by atoms with Gasteiger partial charge in [0.15, 0.2) is 0 Å². The molecule has 4 nitrogen and oxygen atoms in total. The summed E-state index contributed by atoms with van der Waals surface area (Å²) in [6.07, 6.45) is 0.310. The Balaban J connectivity index is 1.96. The minimum Gasteiger partial charge on any atom is -0.354 e. The van der Waals surface area contributed by atoms with Crippen LogP contribution in [0.15, 0.2) is 42.5 Å². The molecular formula is C19H20Cl2N2O2. The molecule has 2 aromatic carbocycles. The fourth-order valence-electron chi connectivity index (χ4n) is 2.50. The second kappa shape index (κ2) is 8.88. The van der Waals surface area contributed by atoms with Gasteiger partial charge in [-0.2, -0.15) is 0 Å². The molecule has 0 saturated heterocycles. The highest BCUT2D eigenvalue weighted by molar-refractivity contribution is 6.44. The van der Waals surface area contributed by atoms with Crippen LogP contribution in [0.5, 0.6) is 0 Å². The molecular weight excluding hydrogens is 359 g/mol. The van der Waals surface area contributed by atoms with Crippen LogP contribution in [-0.2, 0) is 16.0 Å². The lowest BCUT2D eigenvalue weighted by Gasteiger charge is -2.23. The quantitative estimate of drug-likeness (QED) is 0.825. The highest BCUT2D eigenvalue weighted by atomic mass is 35.5. The van der Waals surface area contributed by atoms with Gasteiger partial charge >= 0.3 is 0 Å². The van der Waals surface area contributed by atoms with Crippen molar-refractivity contribution in [2.24, 2.45) is 0 Å². The molecule has 0 fully saturated rings. The van der Waals surface area contributed by atoms with E-state index in [4.69, 9.17) is 23.2 Å². The number of nitrogens with zero attached hydrogens (tertiary/aromatic N) is 1.